The predicted octanol–water partition coefficient (Wildman–Crippen LogP) is 1.26. The third kappa shape index (κ3) is 7.05. The Morgan fingerprint density at radius 3 is 2.67 bits per heavy atom. The van der Waals surface area contributed by atoms with Crippen LogP contribution in [-0.4, -0.2) is 114 Å². The van der Waals surface area contributed by atoms with Gasteiger partial charge in [-0.2, -0.15) is 15.2 Å². The molecule has 0 aromatic carbocycles. The van der Waals surface area contributed by atoms with E-state index in [4.69, 9.17) is 0 Å². The van der Waals surface area contributed by atoms with E-state index in [0.29, 0.717) is 62.7 Å². The Morgan fingerprint density at radius 1 is 1.13 bits per heavy atom. The van der Waals surface area contributed by atoms with Crippen molar-refractivity contribution in [3.8, 4) is 0 Å². The number of likely N-dealkylation sites (N-methyl/N-ethyl adjacent to an activating group) is 1. The molecule has 4 heterocycles. The van der Waals surface area contributed by atoms with Gasteiger partial charge in [-0.25, -0.2) is 9.50 Å². The molecule has 5 rings (SSSR count). The average Bonchev–Trinajstić information content (AvgIpc) is 3.61. The van der Waals surface area contributed by atoms with Crippen LogP contribution in [0.2, 0.25) is 0 Å². The molecule has 1 aliphatic carbocycles. The van der Waals surface area contributed by atoms with Crippen molar-refractivity contribution in [2.45, 2.75) is 78.7 Å². The monoisotopic (exact) mass is 634 g/mol. The van der Waals surface area contributed by atoms with Crippen molar-refractivity contribution < 1.29 is 19.2 Å². The molecule has 0 saturated heterocycles. The van der Waals surface area contributed by atoms with Gasteiger partial charge in [0.15, 0.2) is 5.69 Å². The number of fused-ring (bicyclic) bond motifs is 2. The van der Waals surface area contributed by atoms with Gasteiger partial charge in [0.25, 0.3) is 11.7 Å². The Morgan fingerprint density at radius 2 is 1.91 bits per heavy atom. The first kappa shape index (κ1) is 33.0. The maximum atomic E-state index is 14.1. The number of hydrogen-bond acceptors (Lipinski definition) is 8. The van der Waals surface area contributed by atoms with Crippen molar-refractivity contribution in [1.82, 2.24) is 49.4 Å². The summed E-state index contributed by atoms with van der Waals surface area (Å²) >= 11 is 0. The number of carbonyl (C=O) groups is 4. The van der Waals surface area contributed by atoms with Gasteiger partial charge in [-0.15, -0.1) is 0 Å². The second kappa shape index (κ2) is 14.0. The number of aromatic nitrogens is 6. The van der Waals surface area contributed by atoms with Crippen LogP contribution in [0.4, 0.5) is 0 Å². The molecule has 0 saturated carbocycles. The molecular formula is C32H46N10O4. The molecule has 1 aliphatic heterocycles. The molecule has 14 nitrogen and oxygen atoms in total. The summed E-state index contributed by atoms with van der Waals surface area (Å²) in [5.74, 6) is 0.0737. The zero-order chi connectivity index (χ0) is 33.1. The maximum Gasteiger partial charge on any atom is 0.274 e. The molecule has 2 bridgehead atoms. The third-order valence-electron chi connectivity index (χ3n) is 9.25. The molecule has 1 atom stereocenters. The van der Waals surface area contributed by atoms with Crippen LogP contribution in [0.15, 0.2) is 6.33 Å². The largest absolute Gasteiger partial charge is 0.354 e. The average molecular weight is 635 g/mol. The van der Waals surface area contributed by atoms with Crippen LogP contribution in [-0.2, 0) is 40.7 Å². The lowest BCUT2D eigenvalue weighted by molar-refractivity contribution is -0.142. The van der Waals surface area contributed by atoms with E-state index in [9.17, 15) is 19.2 Å². The summed E-state index contributed by atoms with van der Waals surface area (Å²) in [6, 6.07) is -0.126. The first-order valence-corrected chi connectivity index (χ1v) is 16.2. The number of rotatable bonds is 6. The molecule has 0 fully saturated rings. The molecule has 3 aromatic heterocycles. The Balaban J connectivity index is 1.41. The SMILES string of the molecule is Cc1nc2ncnn2c(C)c1CCC(=O)N1CCCNC(=O)CN(C)C(=O)c2nn(C)c3c2CC(CC3)N(CCC(C)C)C(=O)C1. The van der Waals surface area contributed by atoms with E-state index in [-0.39, 0.29) is 49.2 Å². The van der Waals surface area contributed by atoms with Crippen LogP contribution in [0, 0.1) is 19.8 Å². The fourth-order valence-corrected chi connectivity index (χ4v) is 6.59. The molecule has 14 heteroatoms. The van der Waals surface area contributed by atoms with Gasteiger partial charge in [0.2, 0.25) is 17.7 Å². The van der Waals surface area contributed by atoms with Gasteiger partial charge in [0, 0.05) is 68.8 Å². The number of nitrogens with one attached hydrogen (secondary N) is 1. The van der Waals surface area contributed by atoms with Gasteiger partial charge in [0.05, 0.1) is 13.1 Å². The van der Waals surface area contributed by atoms with Gasteiger partial charge in [-0.05, 0) is 63.9 Å². The van der Waals surface area contributed by atoms with Gasteiger partial charge in [0.1, 0.15) is 6.33 Å². The fraction of sp³-hybridized carbons (Fsp3) is 0.625. The van der Waals surface area contributed by atoms with E-state index >= 15 is 0 Å². The quantitative estimate of drug-likeness (QED) is 0.426. The molecule has 0 radical (unpaired) electrons. The fourth-order valence-electron chi connectivity index (χ4n) is 6.59. The summed E-state index contributed by atoms with van der Waals surface area (Å²) < 4.78 is 3.42. The highest BCUT2D eigenvalue weighted by Crippen LogP contribution is 2.29. The topological polar surface area (TPSA) is 151 Å². The molecule has 2 aliphatic rings. The van der Waals surface area contributed by atoms with Crippen LogP contribution in [0.1, 0.15) is 78.2 Å². The first-order valence-electron chi connectivity index (χ1n) is 16.2. The minimum Gasteiger partial charge on any atom is -0.354 e. The Labute approximate surface area is 269 Å². The van der Waals surface area contributed by atoms with Crippen molar-refractivity contribution in [3.63, 3.8) is 0 Å². The summed E-state index contributed by atoms with van der Waals surface area (Å²) in [6.45, 7) is 9.16. The molecule has 248 valence electrons. The Bertz CT molecular complexity index is 1630. The maximum absolute atomic E-state index is 14.1. The summed E-state index contributed by atoms with van der Waals surface area (Å²) in [4.78, 5) is 67.8. The first-order chi connectivity index (χ1) is 21.9. The molecule has 4 amide bonds. The van der Waals surface area contributed by atoms with Crippen molar-refractivity contribution in [2.24, 2.45) is 13.0 Å². The number of aryl methyl sites for hydroxylation is 3. The molecule has 1 unspecified atom stereocenters. The van der Waals surface area contributed by atoms with Crippen molar-refractivity contribution in [1.29, 1.82) is 0 Å². The van der Waals surface area contributed by atoms with E-state index in [2.05, 4.69) is 39.3 Å². The lowest BCUT2D eigenvalue weighted by atomic mass is 9.89. The van der Waals surface area contributed by atoms with E-state index in [1.165, 1.54) is 11.2 Å². The second-order valence-electron chi connectivity index (χ2n) is 13.0. The van der Waals surface area contributed by atoms with Crippen LogP contribution >= 0.6 is 0 Å². The summed E-state index contributed by atoms with van der Waals surface area (Å²) in [5.41, 5.74) is 4.77. The highest BCUT2D eigenvalue weighted by Gasteiger charge is 2.35. The van der Waals surface area contributed by atoms with E-state index in [0.717, 1.165) is 41.1 Å². The smallest absolute Gasteiger partial charge is 0.274 e. The number of carbonyl (C=O) groups excluding carboxylic acids is 4. The normalized spacial score (nSPS) is 18.5. The third-order valence-corrected chi connectivity index (χ3v) is 9.25. The van der Waals surface area contributed by atoms with E-state index in [1.807, 2.05) is 25.8 Å². The lowest BCUT2D eigenvalue weighted by Crippen LogP contribution is -2.50. The van der Waals surface area contributed by atoms with Crippen LogP contribution in [0.5, 0.6) is 0 Å². The predicted molar refractivity (Wildman–Crippen MR) is 170 cm³/mol. The summed E-state index contributed by atoms with van der Waals surface area (Å²) in [6.07, 6.45) is 5.33. The number of hydrogen-bond donors (Lipinski definition) is 1. The Kier molecular flexibility index (Phi) is 10.0. The van der Waals surface area contributed by atoms with E-state index in [1.54, 1.807) is 21.1 Å². The van der Waals surface area contributed by atoms with Crippen molar-refractivity contribution >= 4 is 29.4 Å². The van der Waals surface area contributed by atoms with Crippen LogP contribution in [0.25, 0.3) is 5.78 Å². The number of amides is 4. The summed E-state index contributed by atoms with van der Waals surface area (Å²) in [7, 11) is 3.43. The molecule has 3 aromatic rings. The standard InChI is InChI=1S/C32H46N10O4/c1-20(2)12-15-41-23-8-10-26-25(16-23)30(37-39(26)6)31(46)38(5)17-27(43)33-13-7-14-40(18-29(41)45)28(44)11-9-24-21(3)36-32-34-19-35-42(32)22(24)4/h19-20,23H,7-18H2,1-6H3,(H,33,43). The van der Waals surface area contributed by atoms with Crippen molar-refractivity contribution in [2.75, 3.05) is 39.8 Å². The minimum atomic E-state index is -0.305. The molecule has 1 N–H and O–H groups in total. The molecule has 46 heavy (non-hydrogen) atoms. The molecule has 0 spiro atoms. The van der Waals surface area contributed by atoms with Gasteiger partial charge >= 0.3 is 0 Å². The van der Waals surface area contributed by atoms with Gasteiger partial charge in [-0.1, -0.05) is 13.8 Å². The van der Waals surface area contributed by atoms with Crippen LogP contribution in [0.3, 0.4) is 0 Å². The minimum absolute atomic E-state index is 0.0475. The highest BCUT2D eigenvalue weighted by atomic mass is 16.2. The van der Waals surface area contributed by atoms with E-state index < -0.39 is 0 Å². The van der Waals surface area contributed by atoms with Gasteiger partial charge < -0.3 is 20.0 Å². The summed E-state index contributed by atoms with van der Waals surface area (Å²) in [5, 5.41) is 11.7. The van der Waals surface area contributed by atoms with Crippen LogP contribution < -0.4 is 5.32 Å². The zero-order valence-electron chi connectivity index (χ0n) is 27.9. The number of nitrogens with zero attached hydrogens (tertiary/aromatic N) is 9. The van der Waals surface area contributed by atoms with Crippen molar-refractivity contribution in [3.05, 3.63) is 40.2 Å². The van der Waals surface area contributed by atoms with Gasteiger partial charge in [-0.3, -0.25) is 23.9 Å². The molecular weight excluding hydrogens is 588 g/mol. The zero-order valence-corrected chi connectivity index (χ0v) is 27.9. The highest BCUT2D eigenvalue weighted by molar-refractivity contribution is 5.96. The lowest BCUT2D eigenvalue weighted by Gasteiger charge is -2.37. The Hall–Kier alpha value is -4.36. The second-order valence-corrected chi connectivity index (χ2v) is 13.0.